The summed E-state index contributed by atoms with van der Waals surface area (Å²) in [6, 6.07) is 0. The van der Waals surface area contributed by atoms with Crippen molar-refractivity contribution in [3.05, 3.63) is 0 Å². The Kier molecular flexibility index (Phi) is 6.33. The van der Waals surface area contributed by atoms with Crippen molar-refractivity contribution in [3.63, 3.8) is 0 Å². The van der Waals surface area contributed by atoms with Gasteiger partial charge >= 0.3 is 0 Å². The van der Waals surface area contributed by atoms with Gasteiger partial charge in [-0.1, -0.05) is 32.6 Å². The number of amides is 2. The summed E-state index contributed by atoms with van der Waals surface area (Å²) in [6.07, 6.45) is 8.93. The third-order valence-electron chi connectivity index (χ3n) is 5.88. The first-order valence-corrected chi connectivity index (χ1v) is 9.78. The Bertz CT molecular complexity index is 449. The van der Waals surface area contributed by atoms with Crippen LogP contribution in [0.5, 0.6) is 0 Å². The molecule has 2 saturated carbocycles. The first-order chi connectivity index (χ1) is 11.2. The molecular weight excluding hydrogens is 300 g/mol. The fourth-order valence-corrected chi connectivity index (χ4v) is 4.23. The van der Waals surface area contributed by atoms with Crippen LogP contribution in [-0.2, 0) is 9.59 Å². The maximum Gasteiger partial charge on any atom is 0.224 e. The molecule has 24 heavy (non-hydrogen) atoms. The predicted molar refractivity (Wildman–Crippen MR) is 97.2 cm³/mol. The molecule has 0 saturated heterocycles. The normalized spacial score (nSPS) is 26.8. The van der Waals surface area contributed by atoms with Crippen LogP contribution in [0.1, 0.15) is 79.1 Å². The monoisotopic (exact) mass is 336 g/mol. The summed E-state index contributed by atoms with van der Waals surface area (Å²) in [5.41, 5.74) is 5.46. The lowest BCUT2D eigenvalue weighted by Crippen LogP contribution is -2.47. The smallest absolute Gasteiger partial charge is 0.224 e. The highest BCUT2D eigenvalue weighted by molar-refractivity contribution is 5.87. The molecule has 0 heterocycles. The Morgan fingerprint density at radius 1 is 1.17 bits per heavy atom. The Labute approximate surface area is 147 Å². The molecule has 138 valence electrons. The van der Waals surface area contributed by atoms with E-state index in [9.17, 15) is 9.59 Å². The maximum absolute atomic E-state index is 12.9. The van der Waals surface area contributed by atoms with Crippen molar-refractivity contribution >= 4 is 11.8 Å². The van der Waals surface area contributed by atoms with E-state index in [4.69, 9.17) is 5.73 Å². The molecule has 3 N–H and O–H groups in total. The largest absolute Gasteiger partial charge is 0.369 e. The van der Waals surface area contributed by atoms with E-state index >= 15 is 0 Å². The number of nitrogens with two attached hydrogens (primary N) is 1. The van der Waals surface area contributed by atoms with Crippen molar-refractivity contribution in [2.75, 3.05) is 0 Å². The van der Waals surface area contributed by atoms with E-state index < -0.39 is 0 Å². The van der Waals surface area contributed by atoms with E-state index in [-0.39, 0.29) is 29.2 Å². The summed E-state index contributed by atoms with van der Waals surface area (Å²) in [5.74, 6) is 1.11. The third kappa shape index (κ3) is 5.78. The average Bonchev–Trinajstić information content (AvgIpc) is 2.93. The number of carbonyl (C=O) groups excluding carboxylic acids is 2. The van der Waals surface area contributed by atoms with Gasteiger partial charge in [-0.25, -0.2) is 0 Å². The summed E-state index contributed by atoms with van der Waals surface area (Å²) < 4.78 is 0. The number of hydrogen-bond donors (Lipinski definition) is 2. The Morgan fingerprint density at radius 2 is 1.75 bits per heavy atom. The lowest BCUT2D eigenvalue weighted by atomic mass is 9.80. The summed E-state index contributed by atoms with van der Waals surface area (Å²) in [5, 5.41) is 3.08. The van der Waals surface area contributed by atoms with Crippen LogP contribution in [0, 0.1) is 29.6 Å². The molecule has 4 heteroatoms. The van der Waals surface area contributed by atoms with Crippen molar-refractivity contribution in [2.45, 2.75) is 84.6 Å². The third-order valence-corrected chi connectivity index (χ3v) is 5.88. The molecule has 0 aromatic heterocycles. The molecule has 0 aromatic rings. The molecule has 0 spiro atoms. The minimum Gasteiger partial charge on any atom is -0.369 e. The van der Waals surface area contributed by atoms with Crippen molar-refractivity contribution in [2.24, 2.45) is 35.3 Å². The molecule has 0 radical (unpaired) electrons. The molecule has 0 aliphatic heterocycles. The van der Waals surface area contributed by atoms with Gasteiger partial charge in [-0.15, -0.1) is 0 Å². The van der Waals surface area contributed by atoms with Crippen molar-refractivity contribution in [1.82, 2.24) is 5.32 Å². The molecule has 2 amide bonds. The number of rotatable bonds is 8. The maximum atomic E-state index is 12.9. The second-order valence-corrected chi connectivity index (χ2v) is 9.29. The fraction of sp³-hybridized carbons (Fsp3) is 0.900. The molecule has 2 aliphatic rings. The fourth-order valence-electron chi connectivity index (χ4n) is 4.23. The van der Waals surface area contributed by atoms with Gasteiger partial charge in [0.05, 0.1) is 0 Å². The van der Waals surface area contributed by atoms with Gasteiger partial charge in [0, 0.05) is 17.4 Å². The number of nitrogens with one attached hydrogen (secondary N) is 1. The molecule has 4 atom stereocenters. The molecule has 2 aliphatic carbocycles. The second kappa shape index (κ2) is 7.88. The van der Waals surface area contributed by atoms with Crippen molar-refractivity contribution in [3.8, 4) is 0 Å². The van der Waals surface area contributed by atoms with Gasteiger partial charge < -0.3 is 11.1 Å². The van der Waals surface area contributed by atoms with E-state index in [1.807, 2.05) is 20.8 Å². The van der Waals surface area contributed by atoms with Gasteiger partial charge in [0.25, 0.3) is 0 Å². The van der Waals surface area contributed by atoms with Crippen LogP contribution in [-0.4, -0.2) is 17.4 Å². The zero-order chi connectivity index (χ0) is 17.9. The highest BCUT2D eigenvalue weighted by Crippen LogP contribution is 2.44. The quantitative estimate of drug-likeness (QED) is 0.710. The molecule has 4 unspecified atom stereocenters. The molecule has 0 aromatic carbocycles. The van der Waals surface area contributed by atoms with Crippen LogP contribution in [0.25, 0.3) is 0 Å². The number of carbonyl (C=O) groups is 2. The Balaban J connectivity index is 2.04. The van der Waals surface area contributed by atoms with E-state index in [0.717, 1.165) is 25.2 Å². The first kappa shape index (κ1) is 19.3. The lowest BCUT2D eigenvalue weighted by molar-refractivity contribution is -0.135. The summed E-state index contributed by atoms with van der Waals surface area (Å²) in [6.45, 7) is 8.18. The molecule has 0 bridgehead atoms. The topological polar surface area (TPSA) is 72.2 Å². The zero-order valence-corrected chi connectivity index (χ0v) is 15.9. The molecule has 2 rings (SSSR count). The SMILES string of the molecule is CC1CC1CC(C(=O)NC(C)(C)C)C(CCC1CCCC1)C(N)=O. The minimum absolute atomic E-state index is 0.0109. The zero-order valence-electron chi connectivity index (χ0n) is 15.9. The van der Waals surface area contributed by atoms with Gasteiger partial charge in [-0.3, -0.25) is 9.59 Å². The van der Waals surface area contributed by atoms with E-state index in [1.54, 1.807) is 0 Å². The number of hydrogen-bond acceptors (Lipinski definition) is 2. The Morgan fingerprint density at radius 3 is 2.21 bits per heavy atom. The van der Waals surface area contributed by atoms with Gasteiger partial charge in [0.2, 0.25) is 11.8 Å². The second-order valence-electron chi connectivity index (χ2n) is 9.29. The van der Waals surface area contributed by atoms with Gasteiger partial charge in [-0.2, -0.15) is 0 Å². The van der Waals surface area contributed by atoms with E-state index in [0.29, 0.717) is 11.8 Å². The highest BCUT2D eigenvalue weighted by atomic mass is 16.2. The van der Waals surface area contributed by atoms with Crippen LogP contribution in [0.15, 0.2) is 0 Å². The minimum atomic E-state index is -0.319. The van der Waals surface area contributed by atoms with Gasteiger partial charge in [0.1, 0.15) is 0 Å². The van der Waals surface area contributed by atoms with Crippen LogP contribution in [0.2, 0.25) is 0 Å². The van der Waals surface area contributed by atoms with Crippen LogP contribution in [0.3, 0.4) is 0 Å². The van der Waals surface area contributed by atoms with Crippen LogP contribution >= 0.6 is 0 Å². The summed E-state index contributed by atoms with van der Waals surface area (Å²) >= 11 is 0. The van der Waals surface area contributed by atoms with E-state index in [2.05, 4.69) is 12.2 Å². The molecule has 2 fully saturated rings. The van der Waals surface area contributed by atoms with Gasteiger partial charge in [-0.05, 0) is 64.2 Å². The summed E-state index contributed by atoms with van der Waals surface area (Å²) in [4.78, 5) is 25.0. The lowest BCUT2D eigenvalue weighted by Gasteiger charge is -2.29. The average molecular weight is 337 g/mol. The summed E-state index contributed by atoms with van der Waals surface area (Å²) in [7, 11) is 0. The van der Waals surface area contributed by atoms with Gasteiger partial charge in [0.15, 0.2) is 0 Å². The number of primary amides is 1. The first-order valence-electron chi connectivity index (χ1n) is 9.78. The van der Waals surface area contributed by atoms with E-state index in [1.165, 1.54) is 32.1 Å². The Hall–Kier alpha value is -1.06. The van der Waals surface area contributed by atoms with Crippen molar-refractivity contribution in [1.29, 1.82) is 0 Å². The predicted octanol–water partition coefficient (Wildman–Crippen LogP) is 3.64. The molecule has 4 nitrogen and oxygen atoms in total. The molecular formula is C20H36N2O2. The van der Waals surface area contributed by atoms with Crippen LogP contribution < -0.4 is 11.1 Å². The standard InChI is InChI=1S/C20H36N2O2/c1-13-11-15(13)12-17(19(24)22-20(2,3)4)16(18(21)23)10-9-14-7-5-6-8-14/h13-17H,5-12H2,1-4H3,(H2,21,23)(H,22,24). The highest BCUT2D eigenvalue weighted by Gasteiger charge is 2.41. The van der Waals surface area contributed by atoms with Crippen LogP contribution in [0.4, 0.5) is 0 Å². The van der Waals surface area contributed by atoms with Crippen molar-refractivity contribution < 1.29 is 9.59 Å².